The van der Waals surface area contributed by atoms with Crippen molar-refractivity contribution in [3.8, 4) is 22.8 Å². The lowest BCUT2D eigenvalue weighted by atomic mass is 10.0. The Morgan fingerprint density at radius 3 is 2.00 bits per heavy atom. The van der Waals surface area contributed by atoms with Crippen molar-refractivity contribution in [2.24, 2.45) is 0 Å². The van der Waals surface area contributed by atoms with Crippen LogP contribution in [0.15, 0.2) is 66.9 Å². The average molecular weight is 488 g/mol. The standard InChI is InChI=1S/C32H41NO3/c1-3-5-7-9-10-12-24-35-31-23-20-29(25-33-31)27-18-21-30(22-19-27)36-32(34)28-16-14-26(15-17-28)13-11-8-6-4-2/h14-23,25H,3-13,24H2,1-2H3. The van der Waals surface area contributed by atoms with E-state index in [1.54, 1.807) is 0 Å². The van der Waals surface area contributed by atoms with Gasteiger partial charge in [-0.25, -0.2) is 9.78 Å². The first-order chi connectivity index (χ1) is 17.7. The highest BCUT2D eigenvalue weighted by atomic mass is 16.5. The molecule has 4 nitrogen and oxygen atoms in total. The Hall–Kier alpha value is -3.14. The van der Waals surface area contributed by atoms with Gasteiger partial charge in [0.05, 0.1) is 12.2 Å². The maximum absolute atomic E-state index is 12.5. The quantitative estimate of drug-likeness (QED) is 0.115. The lowest BCUT2D eigenvalue weighted by Crippen LogP contribution is -2.08. The number of hydrogen-bond donors (Lipinski definition) is 0. The molecule has 36 heavy (non-hydrogen) atoms. The second-order valence-corrected chi connectivity index (χ2v) is 9.42. The Balaban J connectivity index is 1.44. The van der Waals surface area contributed by atoms with Crippen LogP contribution >= 0.6 is 0 Å². The summed E-state index contributed by atoms with van der Waals surface area (Å²) in [5.74, 6) is 0.845. The third-order valence-corrected chi connectivity index (χ3v) is 6.39. The summed E-state index contributed by atoms with van der Waals surface area (Å²) in [7, 11) is 0. The van der Waals surface area contributed by atoms with E-state index in [1.165, 1.54) is 63.4 Å². The monoisotopic (exact) mass is 487 g/mol. The van der Waals surface area contributed by atoms with Crippen LogP contribution < -0.4 is 9.47 Å². The average Bonchev–Trinajstić information content (AvgIpc) is 2.92. The number of pyridine rings is 1. The third-order valence-electron chi connectivity index (χ3n) is 6.39. The van der Waals surface area contributed by atoms with Crippen LogP contribution in [0.2, 0.25) is 0 Å². The number of esters is 1. The first-order valence-corrected chi connectivity index (χ1v) is 13.7. The van der Waals surface area contributed by atoms with E-state index >= 15 is 0 Å². The molecular formula is C32H41NO3. The molecule has 0 N–H and O–H groups in total. The first-order valence-electron chi connectivity index (χ1n) is 13.7. The van der Waals surface area contributed by atoms with Crippen molar-refractivity contribution in [3.63, 3.8) is 0 Å². The largest absolute Gasteiger partial charge is 0.478 e. The molecule has 0 saturated heterocycles. The number of benzene rings is 2. The predicted octanol–water partition coefficient (Wildman–Crippen LogP) is 8.83. The number of carbonyl (C=O) groups is 1. The van der Waals surface area contributed by atoms with Gasteiger partial charge < -0.3 is 9.47 Å². The van der Waals surface area contributed by atoms with Crippen molar-refractivity contribution in [1.82, 2.24) is 4.98 Å². The van der Waals surface area contributed by atoms with Crippen molar-refractivity contribution in [2.45, 2.75) is 84.5 Å². The van der Waals surface area contributed by atoms with Crippen LogP contribution in [-0.4, -0.2) is 17.6 Å². The molecule has 0 atom stereocenters. The molecule has 192 valence electrons. The highest BCUT2D eigenvalue weighted by Gasteiger charge is 2.09. The van der Waals surface area contributed by atoms with E-state index in [9.17, 15) is 4.79 Å². The number of aromatic nitrogens is 1. The van der Waals surface area contributed by atoms with Crippen LogP contribution in [0.3, 0.4) is 0 Å². The van der Waals surface area contributed by atoms with Gasteiger partial charge in [0.2, 0.25) is 5.88 Å². The number of aryl methyl sites for hydroxylation is 1. The Bertz CT molecular complexity index is 1010. The van der Waals surface area contributed by atoms with Crippen LogP contribution in [0.25, 0.3) is 11.1 Å². The number of carbonyl (C=O) groups excluding carboxylic acids is 1. The summed E-state index contributed by atoms with van der Waals surface area (Å²) >= 11 is 0. The zero-order chi connectivity index (χ0) is 25.4. The minimum Gasteiger partial charge on any atom is -0.478 e. The number of rotatable bonds is 16. The first kappa shape index (κ1) is 27.4. The number of unbranched alkanes of at least 4 members (excludes halogenated alkanes) is 8. The molecule has 2 aromatic carbocycles. The fourth-order valence-corrected chi connectivity index (χ4v) is 4.14. The van der Waals surface area contributed by atoms with E-state index in [4.69, 9.17) is 9.47 Å². The Labute approximate surface area is 217 Å². The van der Waals surface area contributed by atoms with Crippen molar-refractivity contribution >= 4 is 5.97 Å². The molecule has 0 amide bonds. The third kappa shape index (κ3) is 9.49. The highest BCUT2D eigenvalue weighted by molar-refractivity contribution is 5.91. The van der Waals surface area contributed by atoms with Gasteiger partial charge in [-0.3, -0.25) is 0 Å². The van der Waals surface area contributed by atoms with E-state index in [0.29, 0.717) is 23.8 Å². The van der Waals surface area contributed by atoms with Gasteiger partial charge in [-0.15, -0.1) is 0 Å². The van der Waals surface area contributed by atoms with Crippen LogP contribution in [0.5, 0.6) is 11.6 Å². The summed E-state index contributed by atoms with van der Waals surface area (Å²) in [6.07, 6.45) is 15.3. The molecule has 0 aliphatic rings. The zero-order valence-electron chi connectivity index (χ0n) is 22.0. The second kappa shape index (κ2) is 15.8. The van der Waals surface area contributed by atoms with E-state index in [1.807, 2.05) is 66.9 Å². The van der Waals surface area contributed by atoms with Crippen molar-refractivity contribution in [1.29, 1.82) is 0 Å². The number of ether oxygens (including phenoxy) is 2. The van der Waals surface area contributed by atoms with E-state index in [0.717, 1.165) is 24.0 Å². The summed E-state index contributed by atoms with van der Waals surface area (Å²) in [6.45, 7) is 5.16. The van der Waals surface area contributed by atoms with E-state index in [2.05, 4.69) is 18.8 Å². The van der Waals surface area contributed by atoms with Gasteiger partial charge in [0.1, 0.15) is 5.75 Å². The van der Waals surface area contributed by atoms with Crippen molar-refractivity contribution < 1.29 is 14.3 Å². The van der Waals surface area contributed by atoms with E-state index < -0.39 is 0 Å². The molecule has 0 fully saturated rings. The van der Waals surface area contributed by atoms with E-state index in [-0.39, 0.29) is 5.97 Å². The van der Waals surface area contributed by atoms with Gasteiger partial charge >= 0.3 is 5.97 Å². The van der Waals surface area contributed by atoms with Gasteiger partial charge in [0, 0.05) is 17.8 Å². The summed E-state index contributed by atoms with van der Waals surface area (Å²) in [5.41, 5.74) is 3.84. The molecule has 0 aliphatic heterocycles. The molecule has 1 heterocycles. The van der Waals surface area contributed by atoms with Crippen molar-refractivity contribution in [2.75, 3.05) is 6.61 Å². The summed E-state index contributed by atoms with van der Waals surface area (Å²) in [4.78, 5) is 17.0. The fourth-order valence-electron chi connectivity index (χ4n) is 4.14. The Morgan fingerprint density at radius 1 is 0.694 bits per heavy atom. The molecular weight excluding hydrogens is 446 g/mol. The Kier molecular flexibility index (Phi) is 12.0. The number of hydrogen-bond acceptors (Lipinski definition) is 4. The van der Waals surface area contributed by atoms with Crippen LogP contribution in [0, 0.1) is 0 Å². The SMILES string of the molecule is CCCCCCCCOc1ccc(-c2ccc(OC(=O)c3ccc(CCCCCC)cc3)cc2)cn1. The minimum absolute atomic E-state index is 0.339. The molecule has 0 aliphatic carbocycles. The summed E-state index contributed by atoms with van der Waals surface area (Å²) in [5, 5.41) is 0. The number of nitrogens with zero attached hydrogens (tertiary/aromatic N) is 1. The van der Waals surface area contributed by atoms with Crippen LogP contribution in [-0.2, 0) is 6.42 Å². The molecule has 3 aromatic rings. The molecule has 0 radical (unpaired) electrons. The molecule has 0 bridgehead atoms. The van der Waals surface area contributed by atoms with Gasteiger partial charge in [-0.2, -0.15) is 0 Å². The molecule has 3 rings (SSSR count). The summed E-state index contributed by atoms with van der Waals surface area (Å²) in [6, 6.07) is 19.2. The molecule has 4 heteroatoms. The summed E-state index contributed by atoms with van der Waals surface area (Å²) < 4.78 is 11.4. The van der Waals surface area contributed by atoms with Gasteiger partial charge in [0.25, 0.3) is 0 Å². The normalized spacial score (nSPS) is 10.8. The highest BCUT2D eigenvalue weighted by Crippen LogP contribution is 2.24. The molecule has 0 unspecified atom stereocenters. The molecule has 1 aromatic heterocycles. The van der Waals surface area contributed by atoms with Crippen LogP contribution in [0.1, 0.15) is 94.0 Å². The minimum atomic E-state index is -0.339. The van der Waals surface area contributed by atoms with Gasteiger partial charge in [-0.1, -0.05) is 89.5 Å². The smallest absolute Gasteiger partial charge is 0.343 e. The fraction of sp³-hybridized carbons (Fsp3) is 0.438. The maximum Gasteiger partial charge on any atom is 0.343 e. The van der Waals surface area contributed by atoms with Crippen molar-refractivity contribution in [3.05, 3.63) is 78.0 Å². The lowest BCUT2D eigenvalue weighted by molar-refractivity contribution is 0.0734. The molecule has 0 saturated carbocycles. The van der Waals surface area contributed by atoms with Gasteiger partial charge in [-0.05, 0) is 60.7 Å². The second-order valence-electron chi connectivity index (χ2n) is 9.42. The van der Waals surface area contributed by atoms with Crippen LogP contribution in [0.4, 0.5) is 0 Å². The Morgan fingerprint density at radius 2 is 1.33 bits per heavy atom. The maximum atomic E-state index is 12.5. The van der Waals surface area contributed by atoms with Gasteiger partial charge in [0.15, 0.2) is 0 Å². The zero-order valence-corrected chi connectivity index (χ0v) is 22.0. The predicted molar refractivity (Wildman–Crippen MR) is 148 cm³/mol. The lowest BCUT2D eigenvalue weighted by Gasteiger charge is -2.08. The molecule has 0 spiro atoms. The topological polar surface area (TPSA) is 48.4 Å².